The third-order valence-electron chi connectivity index (χ3n) is 2.69. The lowest BCUT2D eigenvalue weighted by Crippen LogP contribution is -2.04. The van der Waals surface area contributed by atoms with Gasteiger partial charge in [0.2, 0.25) is 0 Å². The molecule has 0 aliphatic carbocycles. The summed E-state index contributed by atoms with van der Waals surface area (Å²) in [7, 11) is 0. The molecule has 0 aliphatic rings. The Kier molecular flexibility index (Phi) is 3.37. The van der Waals surface area contributed by atoms with Crippen LogP contribution < -0.4 is 16.8 Å². The number of aromatic nitrogens is 1. The Hall–Kier alpha value is -1.91. The first-order chi connectivity index (χ1) is 8.20. The van der Waals surface area contributed by atoms with Crippen molar-refractivity contribution >= 4 is 22.5 Å². The van der Waals surface area contributed by atoms with Crippen molar-refractivity contribution in [3.63, 3.8) is 0 Å². The second kappa shape index (κ2) is 4.95. The van der Waals surface area contributed by atoms with Gasteiger partial charge in [-0.1, -0.05) is 19.8 Å². The maximum atomic E-state index is 11.0. The van der Waals surface area contributed by atoms with Gasteiger partial charge in [0.25, 0.3) is 0 Å². The number of oxazole rings is 1. The summed E-state index contributed by atoms with van der Waals surface area (Å²) in [5, 5.41) is 3.26. The zero-order valence-electron chi connectivity index (χ0n) is 9.88. The maximum Gasteiger partial charge on any atom is 0.417 e. The third kappa shape index (κ3) is 2.61. The molecule has 5 heteroatoms. The molecule has 0 aliphatic heterocycles. The summed E-state index contributed by atoms with van der Waals surface area (Å²) in [4.78, 5) is 13.6. The lowest BCUT2D eigenvalue weighted by atomic mass is 10.2. The number of fused-ring (bicyclic) bond motifs is 1. The van der Waals surface area contributed by atoms with Gasteiger partial charge in [0.05, 0.1) is 16.9 Å². The number of H-pyrrole nitrogens is 1. The fraction of sp³-hybridized carbons (Fsp3) is 0.417. The van der Waals surface area contributed by atoms with Crippen LogP contribution in [-0.4, -0.2) is 11.5 Å². The van der Waals surface area contributed by atoms with Crippen LogP contribution in [0.4, 0.5) is 11.4 Å². The molecular formula is C12H17N3O2. The monoisotopic (exact) mass is 235 g/mol. The lowest BCUT2D eigenvalue weighted by Gasteiger charge is -2.08. The summed E-state index contributed by atoms with van der Waals surface area (Å²) in [5.41, 5.74) is 8.47. The Balaban J connectivity index is 2.16. The van der Waals surface area contributed by atoms with Crippen molar-refractivity contribution in [3.05, 3.63) is 22.7 Å². The van der Waals surface area contributed by atoms with Crippen LogP contribution in [0, 0.1) is 0 Å². The molecule has 2 aromatic rings. The number of aromatic amines is 1. The van der Waals surface area contributed by atoms with E-state index in [0.29, 0.717) is 16.8 Å². The van der Waals surface area contributed by atoms with E-state index in [0.717, 1.165) is 18.7 Å². The van der Waals surface area contributed by atoms with E-state index in [1.165, 1.54) is 12.8 Å². The molecule has 0 fully saturated rings. The molecule has 0 amide bonds. The summed E-state index contributed by atoms with van der Waals surface area (Å²) < 4.78 is 4.93. The van der Waals surface area contributed by atoms with Crippen molar-refractivity contribution in [2.45, 2.75) is 26.2 Å². The molecule has 0 atom stereocenters. The van der Waals surface area contributed by atoms with Crippen LogP contribution in [0.15, 0.2) is 21.3 Å². The molecule has 0 bridgehead atoms. The number of nitrogens with one attached hydrogen (secondary N) is 2. The molecule has 0 saturated heterocycles. The van der Waals surface area contributed by atoms with Crippen LogP contribution in [0.3, 0.4) is 0 Å². The van der Waals surface area contributed by atoms with Gasteiger partial charge in [0, 0.05) is 12.6 Å². The Bertz CT molecular complexity index is 556. The van der Waals surface area contributed by atoms with E-state index in [-0.39, 0.29) is 0 Å². The van der Waals surface area contributed by atoms with Crippen LogP contribution in [0.2, 0.25) is 0 Å². The quantitative estimate of drug-likeness (QED) is 0.548. The molecular weight excluding hydrogens is 218 g/mol. The van der Waals surface area contributed by atoms with Gasteiger partial charge in [0.1, 0.15) is 0 Å². The Morgan fingerprint density at radius 1 is 1.41 bits per heavy atom. The average Bonchev–Trinajstić information content (AvgIpc) is 2.63. The Morgan fingerprint density at radius 3 is 3.00 bits per heavy atom. The van der Waals surface area contributed by atoms with Gasteiger partial charge in [-0.05, 0) is 12.5 Å². The van der Waals surface area contributed by atoms with Gasteiger partial charge in [0.15, 0.2) is 5.58 Å². The van der Waals surface area contributed by atoms with Crippen LogP contribution in [-0.2, 0) is 0 Å². The number of unbranched alkanes of at least 4 members (excludes halogenated alkanes) is 2. The van der Waals surface area contributed by atoms with Crippen molar-refractivity contribution in [2.75, 3.05) is 17.6 Å². The lowest BCUT2D eigenvalue weighted by molar-refractivity contribution is 0.555. The number of nitrogen functional groups attached to an aromatic ring is 1. The van der Waals surface area contributed by atoms with Crippen LogP contribution in [0.25, 0.3) is 11.1 Å². The molecule has 92 valence electrons. The molecule has 4 N–H and O–H groups in total. The first-order valence-corrected chi connectivity index (χ1v) is 5.87. The molecule has 0 radical (unpaired) electrons. The van der Waals surface area contributed by atoms with E-state index in [1.807, 2.05) is 6.07 Å². The minimum atomic E-state index is -0.456. The highest BCUT2D eigenvalue weighted by Crippen LogP contribution is 2.24. The predicted octanol–water partition coefficient (Wildman–Crippen LogP) is 2.31. The number of nitrogens with two attached hydrogens (primary N) is 1. The second-order valence-corrected chi connectivity index (χ2v) is 4.08. The molecule has 1 aromatic carbocycles. The predicted molar refractivity (Wildman–Crippen MR) is 69.3 cm³/mol. The van der Waals surface area contributed by atoms with Crippen molar-refractivity contribution < 1.29 is 4.42 Å². The fourth-order valence-corrected chi connectivity index (χ4v) is 1.76. The zero-order valence-corrected chi connectivity index (χ0v) is 9.88. The van der Waals surface area contributed by atoms with Crippen molar-refractivity contribution in [1.29, 1.82) is 0 Å². The number of hydrogen-bond acceptors (Lipinski definition) is 4. The van der Waals surface area contributed by atoms with E-state index in [4.69, 9.17) is 10.2 Å². The van der Waals surface area contributed by atoms with E-state index in [9.17, 15) is 4.79 Å². The SMILES string of the molecule is CCCCCNc1cc2[nH]c(=O)oc2cc1N. The standard InChI is InChI=1S/C12H17N3O2/c1-2-3-4-5-14-9-7-10-11(6-8(9)13)17-12(16)15-10/h6-7,14H,2-5,13H2,1H3,(H,15,16). The summed E-state index contributed by atoms with van der Waals surface area (Å²) in [6.07, 6.45) is 3.48. The normalized spacial score (nSPS) is 10.9. The van der Waals surface area contributed by atoms with Gasteiger partial charge in [-0.2, -0.15) is 0 Å². The number of rotatable bonds is 5. The molecule has 2 rings (SSSR count). The number of benzene rings is 1. The molecule has 1 heterocycles. The van der Waals surface area contributed by atoms with E-state index in [2.05, 4.69) is 17.2 Å². The average molecular weight is 235 g/mol. The van der Waals surface area contributed by atoms with Crippen molar-refractivity contribution in [3.8, 4) is 0 Å². The molecule has 0 saturated carbocycles. The highest BCUT2D eigenvalue weighted by molar-refractivity contribution is 5.85. The third-order valence-corrected chi connectivity index (χ3v) is 2.69. The molecule has 0 unspecified atom stereocenters. The van der Waals surface area contributed by atoms with Gasteiger partial charge >= 0.3 is 5.76 Å². The Morgan fingerprint density at radius 2 is 2.24 bits per heavy atom. The van der Waals surface area contributed by atoms with Gasteiger partial charge in [-0.25, -0.2) is 4.79 Å². The fourth-order valence-electron chi connectivity index (χ4n) is 1.76. The number of hydrogen-bond donors (Lipinski definition) is 3. The molecule has 0 spiro atoms. The van der Waals surface area contributed by atoms with Gasteiger partial charge in [-0.15, -0.1) is 0 Å². The van der Waals surface area contributed by atoms with Crippen molar-refractivity contribution in [2.24, 2.45) is 0 Å². The van der Waals surface area contributed by atoms with Gasteiger partial charge in [-0.3, -0.25) is 4.98 Å². The first-order valence-electron chi connectivity index (χ1n) is 5.87. The summed E-state index contributed by atoms with van der Waals surface area (Å²) in [6, 6.07) is 3.47. The Labute approximate surface area is 99.0 Å². The minimum Gasteiger partial charge on any atom is -0.408 e. The molecule has 17 heavy (non-hydrogen) atoms. The van der Waals surface area contributed by atoms with Crippen LogP contribution in [0.1, 0.15) is 26.2 Å². The highest BCUT2D eigenvalue weighted by atomic mass is 16.4. The second-order valence-electron chi connectivity index (χ2n) is 4.08. The van der Waals surface area contributed by atoms with Crippen molar-refractivity contribution in [1.82, 2.24) is 4.98 Å². The number of anilines is 2. The van der Waals surface area contributed by atoms with Crippen LogP contribution >= 0.6 is 0 Å². The highest BCUT2D eigenvalue weighted by Gasteiger charge is 2.05. The smallest absolute Gasteiger partial charge is 0.408 e. The molecule has 1 aromatic heterocycles. The summed E-state index contributed by atoms with van der Waals surface area (Å²) in [6.45, 7) is 3.04. The zero-order chi connectivity index (χ0) is 12.3. The van der Waals surface area contributed by atoms with Crippen LogP contribution in [0.5, 0.6) is 0 Å². The van der Waals surface area contributed by atoms with E-state index >= 15 is 0 Å². The largest absolute Gasteiger partial charge is 0.417 e. The first kappa shape index (κ1) is 11.6. The maximum absolute atomic E-state index is 11.0. The molecule has 5 nitrogen and oxygen atoms in total. The minimum absolute atomic E-state index is 0.456. The van der Waals surface area contributed by atoms with Gasteiger partial charge < -0.3 is 15.5 Å². The summed E-state index contributed by atoms with van der Waals surface area (Å²) >= 11 is 0. The summed E-state index contributed by atoms with van der Waals surface area (Å²) in [5.74, 6) is -0.456. The van der Waals surface area contributed by atoms with E-state index in [1.54, 1.807) is 6.07 Å². The topological polar surface area (TPSA) is 84.0 Å². The van der Waals surface area contributed by atoms with E-state index < -0.39 is 5.76 Å².